The molecule has 240 valence electrons. The number of aliphatic hydroxyl groups excluding tert-OH is 1. The average Bonchev–Trinajstić information content (AvgIpc) is 3.28. The van der Waals surface area contributed by atoms with Crippen LogP contribution in [0.3, 0.4) is 0 Å². The number of aryl methyl sites for hydroxylation is 1. The van der Waals surface area contributed by atoms with Gasteiger partial charge in [-0.05, 0) is 82.7 Å². The molecule has 0 fully saturated rings. The zero-order valence-electron chi connectivity index (χ0n) is 28.1. The van der Waals surface area contributed by atoms with Gasteiger partial charge in [-0.1, -0.05) is 69.1 Å². The summed E-state index contributed by atoms with van der Waals surface area (Å²) in [6.45, 7) is 24.6. The molecule has 1 rings (SSSR count). The predicted octanol–water partition coefficient (Wildman–Crippen LogP) is 9.06. The molecule has 42 heavy (non-hydrogen) atoms. The number of carbonyl (C=O) groups is 2. The van der Waals surface area contributed by atoms with Crippen molar-refractivity contribution in [2.24, 2.45) is 11.3 Å². The zero-order chi connectivity index (χ0) is 32.5. The molecule has 9 heteroatoms. The van der Waals surface area contributed by atoms with Crippen LogP contribution in [-0.2, 0) is 18.8 Å². The lowest BCUT2D eigenvalue weighted by Gasteiger charge is -2.43. The van der Waals surface area contributed by atoms with E-state index in [0.717, 1.165) is 35.5 Å². The van der Waals surface area contributed by atoms with Crippen LogP contribution in [0.15, 0.2) is 22.6 Å². The molecule has 6 nitrogen and oxygen atoms in total. The molecule has 1 heterocycles. The lowest BCUT2D eigenvalue weighted by molar-refractivity contribution is -0.152. The number of ketones is 1. The number of Topliss-reactive ketones (excluding diaryl/α,β-unsaturated/α-hetero) is 1. The van der Waals surface area contributed by atoms with Gasteiger partial charge in [0.25, 0.3) is 0 Å². The van der Waals surface area contributed by atoms with E-state index in [4.69, 9.17) is 9.16 Å². The van der Waals surface area contributed by atoms with Gasteiger partial charge in [-0.15, -0.1) is 11.3 Å². The number of thiazole rings is 1. The van der Waals surface area contributed by atoms with Crippen molar-refractivity contribution in [1.82, 2.24) is 4.98 Å². The molecule has 1 aromatic rings. The molecule has 0 aliphatic heterocycles. The van der Waals surface area contributed by atoms with Gasteiger partial charge >= 0.3 is 5.97 Å². The summed E-state index contributed by atoms with van der Waals surface area (Å²) >= 11 is 5.03. The van der Waals surface area contributed by atoms with Gasteiger partial charge in [0.05, 0.1) is 28.1 Å². The molecule has 0 aliphatic carbocycles. The first-order valence-corrected chi connectivity index (χ1v) is 19.8. The summed E-state index contributed by atoms with van der Waals surface area (Å²) in [5, 5.41) is 12.2. The minimum Gasteiger partial charge on any atom is -0.457 e. The fourth-order valence-electron chi connectivity index (χ4n) is 4.34. The van der Waals surface area contributed by atoms with Crippen molar-refractivity contribution < 1.29 is 23.9 Å². The predicted molar refractivity (Wildman–Crippen MR) is 183 cm³/mol. The summed E-state index contributed by atoms with van der Waals surface area (Å²) in [7, 11) is -2.31. The number of allylic oxidation sites excluding steroid dienone is 1. The fourth-order valence-corrected chi connectivity index (χ4v) is 6.94. The van der Waals surface area contributed by atoms with E-state index in [1.54, 1.807) is 11.3 Å². The quantitative estimate of drug-likeness (QED) is 0.0762. The fraction of sp³-hybridized carbons (Fsp3) is 0.727. The Labute approximate surface area is 269 Å². The monoisotopic (exact) mass is 685 g/mol. The second kappa shape index (κ2) is 16.8. The average molecular weight is 687 g/mol. The highest BCUT2D eigenvalue weighted by molar-refractivity contribution is 9.10. The highest BCUT2D eigenvalue weighted by Crippen LogP contribution is 2.41. The van der Waals surface area contributed by atoms with E-state index in [1.165, 1.54) is 5.57 Å². The Hall–Kier alpha value is -1.13. The molecule has 4 atom stereocenters. The number of rotatable bonds is 17. The molecule has 0 saturated heterocycles. The van der Waals surface area contributed by atoms with E-state index in [1.807, 2.05) is 46.1 Å². The van der Waals surface area contributed by atoms with Crippen molar-refractivity contribution in [3.05, 3.63) is 33.3 Å². The first-order valence-electron chi connectivity index (χ1n) is 15.1. The molecule has 0 aromatic carbocycles. The van der Waals surface area contributed by atoms with Crippen molar-refractivity contribution in [3.8, 4) is 0 Å². The molecule has 0 radical (unpaired) electrons. The molecular formula is C33H56BrNO5SSi. The Kier molecular flexibility index (Phi) is 15.6. The number of halogens is 1. The van der Waals surface area contributed by atoms with Crippen molar-refractivity contribution in [3.63, 3.8) is 0 Å². The summed E-state index contributed by atoms with van der Waals surface area (Å²) in [5.74, 6) is -0.0835. The van der Waals surface area contributed by atoms with Crippen LogP contribution < -0.4 is 0 Å². The maximum absolute atomic E-state index is 13.6. The molecule has 0 spiro atoms. The normalized spacial score (nSPS) is 16.6. The molecule has 1 N–H and O–H groups in total. The Morgan fingerprint density at radius 2 is 1.79 bits per heavy atom. The molecular weight excluding hydrogens is 630 g/mol. The number of nitrogens with zero attached hydrogens (tertiary/aromatic N) is 1. The molecule has 0 bridgehead atoms. The van der Waals surface area contributed by atoms with Crippen LogP contribution in [0.25, 0.3) is 6.08 Å². The third kappa shape index (κ3) is 12.5. The number of alkyl halides is 1. The van der Waals surface area contributed by atoms with Crippen LogP contribution in [0.5, 0.6) is 0 Å². The highest BCUT2D eigenvalue weighted by atomic mass is 79.9. The van der Waals surface area contributed by atoms with Gasteiger partial charge in [-0.25, -0.2) is 4.98 Å². The second-order valence-electron chi connectivity index (χ2n) is 13.9. The zero-order valence-corrected chi connectivity index (χ0v) is 31.5. The summed E-state index contributed by atoms with van der Waals surface area (Å²) in [5.41, 5.74) is 2.11. The lowest BCUT2D eigenvalue weighted by atomic mass is 9.79. The van der Waals surface area contributed by atoms with E-state index in [9.17, 15) is 14.7 Å². The van der Waals surface area contributed by atoms with Gasteiger partial charge in [0.2, 0.25) is 0 Å². The number of carbonyl (C=O) groups excluding carboxylic acids is 2. The maximum Gasteiger partial charge on any atom is 0.309 e. The third-order valence-corrected chi connectivity index (χ3v) is 14.1. The molecule has 0 saturated carbocycles. The standard InChI is InChI=1S/C33H56BrNO5SSi/c1-22(14-13-15-23(2)20-36)16-17-28(24(3)18-27-21-41-26(5)35-27)39-30(37)19-29(33(9,10)31(38)25(4)34)40-42(11,12)32(6,7)8/h16,18,21,23,25,28-29,36H,13-15,17,19-20H2,1-12H3/b22-16+,24-18+. The van der Waals surface area contributed by atoms with E-state index >= 15 is 0 Å². The number of hydrogen-bond donors (Lipinski definition) is 1. The van der Waals surface area contributed by atoms with Crippen LogP contribution in [0, 0.1) is 18.3 Å². The topological polar surface area (TPSA) is 85.7 Å². The van der Waals surface area contributed by atoms with Crippen LogP contribution in [-0.4, -0.2) is 53.8 Å². The number of aromatic nitrogens is 1. The minimum atomic E-state index is -2.31. The summed E-state index contributed by atoms with van der Waals surface area (Å²) in [6.07, 6.45) is 6.50. The summed E-state index contributed by atoms with van der Waals surface area (Å²) in [4.78, 5) is 31.1. The molecule has 1 aromatic heterocycles. The second-order valence-corrected chi connectivity index (χ2v) is 21.1. The SMILES string of the molecule is C/C(=C\CC(OC(=O)CC(O[Si](C)(C)C(C)(C)C)C(C)(C)C(=O)C(C)Br)/C(C)=C/c1csc(C)n1)CCCC(C)CO. The minimum absolute atomic E-state index is 0.000359. The lowest BCUT2D eigenvalue weighted by Crippen LogP contribution is -2.51. The van der Waals surface area contributed by atoms with Crippen molar-refractivity contribution >= 4 is 53.4 Å². The largest absolute Gasteiger partial charge is 0.457 e. The summed E-state index contributed by atoms with van der Waals surface area (Å²) < 4.78 is 12.9. The van der Waals surface area contributed by atoms with E-state index in [2.05, 4.69) is 74.7 Å². The Morgan fingerprint density at radius 1 is 1.17 bits per heavy atom. The Balaban J connectivity index is 3.27. The Morgan fingerprint density at radius 3 is 2.29 bits per heavy atom. The number of ether oxygens (including phenoxy) is 1. The number of hydrogen-bond acceptors (Lipinski definition) is 7. The third-order valence-electron chi connectivity index (χ3n) is 8.45. The van der Waals surface area contributed by atoms with Gasteiger partial charge in [-0.2, -0.15) is 0 Å². The van der Waals surface area contributed by atoms with Crippen LogP contribution >= 0.6 is 27.3 Å². The van der Waals surface area contributed by atoms with Gasteiger partial charge in [0.1, 0.15) is 6.10 Å². The highest BCUT2D eigenvalue weighted by Gasteiger charge is 2.47. The molecule has 0 amide bonds. The van der Waals surface area contributed by atoms with Gasteiger partial charge in [0.15, 0.2) is 14.1 Å². The van der Waals surface area contributed by atoms with Crippen molar-refractivity contribution in [2.75, 3.05) is 6.61 Å². The summed E-state index contributed by atoms with van der Waals surface area (Å²) in [6, 6.07) is 0. The molecule has 4 unspecified atom stereocenters. The van der Waals surface area contributed by atoms with Crippen LogP contribution in [0.2, 0.25) is 18.1 Å². The van der Waals surface area contributed by atoms with Gasteiger partial charge in [-0.3, -0.25) is 9.59 Å². The van der Waals surface area contributed by atoms with E-state index in [-0.39, 0.29) is 34.6 Å². The van der Waals surface area contributed by atoms with Crippen molar-refractivity contribution in [1.29, 1.82) is 0 Å². The first-order chi connectivity index (χ1) is 19.2. The first kappa shape index (κ1) is 38.9. The molecule has 0 aliphatic rings. The maximum atomic E-state index is 13.6. The van der Waals surface area contributed by atoms with Crippen LogP contribution in [0.4, 0.5) is 0 Å². The van der Waals surface area contributed by atoms with E-state index in [0.29, 0.717) is 12.3 Å². The Bertz CT molecular complexity index is 1090. The number of esters is 1. The van der Waals surface area contributed by atoms with E-state index < -0.39 is 25.9 Å². The van der Waals surface area contributed by atoms with Crippen LogP contribution in [0.1, 0.15) is 105 Å². The van der Waals surface area contributed by atoms with Gasteiger partial charge in [0, 0.05) is 23.8 Å². The number of aliphatic hydroxyl groups is 1. The van der Waals surface area contributed by atoms with Gasteiger partial charge < -0.3 is 14.3 Å². The van der Waals surface area contributed by atoms with Crippen molar-refractivity contribution in [2.45, 2.75) is 137 Å². The smallest absolute Gasteiger partial charge is 0.309 e.